The largest absolute Gasteiger partial charge is 0.383 e. The van der Waals surface area contributed by atoms with Gasteiger partial charge in [0.15, 0.2) is 0 Å². The number of benzene rings is 1. The number of nitrogens with one attached hydrogen (secondary N) is 1. The fraction of sp³-hybridized carbons (Fsp3) is 0.308. The maximum absolute atomic E-state index is 6.28. The summed E-state index contributed by atoms with van der Waals surface area (Å²) >= 11 is 14.6. The second-order valence-corrected chi connectivity index (χ2v) is 6.37. The molecule has 2 aromatic rings. The molecule has 1 unspecified atom stereocenters. The van der Waals surface area contributed by atoms with E-state index in [0.717, 1.165) is 14.8 Å². The van der Waals surface area contributed by atoms with Crippen LogP contribution in [0.3, 0.4) is 0 Å². The highest BCUT2D eigenvalue weighted by Crippen LogP contribution is 2.32. The van der Waals surface area contributed by atoms with Crippen LogP contribution in [0.2, 0.25) is 10.0 Å². The normalized spacial score (nSPS) is 12.6. The second-order valence-electron chi connectivity index (χ2n) is 4.36. The zero-order chi connectivity index (χ0) is 15.4. The molecule has 2 rings (SSSR count). The van der Waals surface area contributed by atoms with Gasteiger partial charge in [0.25, 0.3) is 0 Å². The lowest BCUT2D eigenvalue weighted by Gasteiger charge is -2.20. The molecule has 1 aromatic carbocycles. The van der Waals surface area contributed by atoms with Crippen molar-refractivity contribution < 1.29 is 4.74 Å². The number of methoxy groups -OCH3 is 1. The molecule has 1 heterocycles. The lowest BCUT2D eigenvalue weighted by Crippen LogP contribution is -2.32. The molecule has 8 heteroatoms. The zero-order valence-electron chi connectivity index (χ0n) is 11.3. The number of nitrogens with zero attached hydrogens (tertiary/aromatic N) is 2. The maximum Gasteiger partial charge on any atom is 0.0904 e. The standard InChI is InChI=1S/C13H15Cl2IN4O/c1-21-5-4-20-13(10(15)7-18-20)12(19-17)9-6-8(14)2-3-11(9)16/h2-3,6-7,12,19H,4-5,17H2,1H3. The number of hydrogen-bond donors (Lipinski definition) is 2. The minimum atomic E-state index is -0.303. The summed E-state index contributed by atoms with van der Waals surface area (Å²) in [6, 6.07) is 5.34. The molecule has 1 aromatic heterocycles. The Bertz CT molecular complexity index is 620. The highest BCUT2D eigenvalue weighted by molar-refractivity contribution is 14.1. The second kappa shape index (κ2) is 7.75. The zero-order valence-corrected chi connectivity index (χ0v) is 15.0. The Morgan fingerprint density at radius 2 is 2.24 bits per heavy atom. The van der Waals surface area contributed by atoms with Crippen LogP contribution in [0.5, 0.6) is 0 Å². The Hall–Kier alpha value is -0.380. The van der Waals surface area contributed by atoms with Crippen molar-refractivity contribution in [3.63, 3.8) is 0 Å². The predicted molar refractivity (Wildman–Crippen MR) is 92.4 cm³/mol. The number of rotatable bonds is 6. The van der Waals surface area contributed by atoms with Crippen LogP contribution in [-0.2, 0) is 11.3 Å². The smallest absolute Gasteiger partial charge is 0.0904 e. The number of hydrazine groups is 1. The molecule has 0 radical (unpaired) electrons. The van der Waals surface area contributed by atoms with Crippen LogP contribution in [0.4, 0.5) is 0 Å². The highest BCUT2D eigenvalue weighted by atomic mass is 127. The summed E-state index contributed by atoms with van der Waals surface area (Å²) in [6.45, 7) is 1.13. The Morgan fingerprint density at radius 1 is 1.48 bits per heavy atom. The van der Waals surface area contributed by atoms with Gasteiger partial charge >= 0.3 is 0 Å². The van der Waals surface area contributed by atoms with Crippen molar-refractivity contribution in [2.24, 2.45) is 5.84 Å². The molecular formula is C13H15Cl2IN4O. The Morgan fingerprint density at radius 3 is 2.90 bits per heavy atom. The molecular weight excluding hydrogens is 426 g/mol. The van der Waals surface area contributed by atoms with E-state index in [9.17, 15) is 0 Å². The quantitative estimate of drug-likeness (QED) is 0.411. The number of aromatic nitrogens is 2. The Kier molecular flexibility index (Phi) is 6.27. The van der Waals surface area contributed by atoms with Crippen LogP contribution in [-0.4, -0.2) is 23.5 Å². The number of ether oxygens (including phenoxy) is 1. The molecule has 5 nitrogen and oxygen atoms in total. The van der Waals surface area contributed by atoms with Crippen LogP contribution in [0, 0.1) is 3.57 Å². The van der Waals surface area contributed by atoms with Crippen LogP contribution in [0.25, 0.3) is 0 Å². The molecule has 21 heavy (non-hydrogen) atoms. The van der Waals surface area contributed by atoms with Crippen molar-refractivity contribution in [2.45, 2.75) is 12.6 Å². The van der Waals surface area contributed by atoms with Gasteiger partial charge in [0.05, 0.1) is 36.1 Å². The summed E-state index contributed by atoms with van der Waals surface area (Å²) in [6.07, 6.45) is 1.61. The van der Waals surface area contributed by atoms with Crippen molar-refractivity contribution in [3.8, 4) is 0 Å². The van der Waals surface area contributed by atoms with Gasteiger partial charge in [-0.1, -0.05) is 23.2 Å². The lowest BCUT2D eigenvalue weighted by atomic mass is 10.0. The monoisotopic (exact) mass is 440 g/mol. The fourth-order valence-corrected chi connectivity index (χ4v) is 3.14. The van der Waals surface area contributed by atoms with Gasteiger partial charge in [0.1, 0.15) is 0 Å². The summed E-state index contributed by atoms with van der Waals surface area (Å²) in [4.78, 5) is 0. The van der Waals surface area contributed by atoms with Crippen molar-refractivity contribution >= 4 is 45.8 Å². The van der Waals surface area contributed by atoms with Crippen LogP contribution >= 0.6 is 45.8 Å². The Labute approximate surface area is 146 Å². The molecule has 0 saturated carbocycles. The van der Waals surface area contributed by atoms with Gasteiger partial charge < -0.3 is 4.74 Å². The number of halogens is 3. The van der Waals surface area contributed by atoms with Gasteiger partial charge in [0.2, 0.25) is 0 Å². The van der Waals surface area contributed by atoms with Crippen LogP contribution < -0.4 is 11.3 Å². The molecule has 1 atom stereocenters. The number of hydrogen-bond acceptors (Lipinski definition) is 4. The van der Waals surface area contributed by atoms with Crippen molar-refractivity contribution in [1.29, 1.82) is 0 Å². The molecule has 0 spiro atoms. The third kappa shape index (κ3) is 3.88. The molecule has 0 bridgehead atoms. The van der Waals surface area contributed by atoms with E-state index in [2.05, 4.69) is 33.1 Å². The van der Waals surface area contributed by atoms with E-state index in [-0.39, 0.29) is 6.04 Å². The van der Waals surface area contributed by atoms with E-state index < -0.39 is 0 Å². The molecule has 0 saturated heterocycles. The third-order valence-electron chi connectivity index (χ3n) is 3.05. The van der Waals surface area contributed by atoms with E-state index in [1.807, 2.05) is 18.2 Å². The Balaban J connectivity index is 2.46. The minimum absolute atomic E-state index is 0.303. The van der Waals surface area contributed by atoms with Crippen LogP contribution in [0.1, 0.15) is 17.3 Å². The summed E-state index contributed by atoms with van der Waals surface area (Å²) in [5.41, 5.74) is 4.54. The number of nitrogens with two attached hydrogens (primary N) is 1. The summed E-state index contributed by atoms with van der Waals surface area (Å²) in [7, 11) is 1.64. The topological polar surface area (TPSA) is 65.1 Å². The van der Waals surface area contributed by atoms with Crippen molar-refractivity contribution in [1.82, 2.24) is 15.2 Å². The van der Waals surface area contributed by atoms with Gasteiger partial charge in [-0.25, -0.2) is 5.43 Å². The minimum Gasteiger partial charge on any atom is -0.383 e. The summed E-state index contributed by atoms with van der Waals surface area (Å²) in [5.74, 6) is 5.75. The SMILES string of the molecule is COCCn1ncc(Cl)c1C(NN)c1cc(Cl)ccc1I. The van der Waals surface area contributed by atoms with Crippen LogP contribution in [0.15, 0.2) is 24.4 Å². The van der Waals surface area contributed by atoms with Gasteiger partial charge in [-0.15, -0.1) is 0 Å². The summed E-state index contributed by atoms with van der Waals surface area (Å²) in [5, 5.41) is 5.46. The molecule has 114 valence electrons. The van der Waals surface area contributed by atoms with E-state index in [4.69, 9.17) is 33.8 Å². The molecule has 0 amide bonds. The van der Waals surface area contributed by atoms with E-state index >= 15 is 0 Å². The summed E-state index contributed by atoms with van der Waals surface area (Å²) < 4.78 is 7.92. The van der Waals surface area contributed by atoms with Gasteiger partial charge in [-0.05, 0) is 46.4 Å². The van der Waals surface area contributed by atoms with E-state index in [0.29, 0.717) is 23.2 Å². The van der Waals surface area contributed by atoms with E-state index in [1.165, 1.54) is 0 Å². The highest BCUT2D eigenvalue weighted by Gasteiger charge is 2.23. The average Bonchev–Trinajstić information content (AvgIpc) is 2.83. The molecule has 0 aliphatic rings. The molecule has 3 N–H and O–H groups in total. The van der Waals surface area contributed by atoms with Crippen molar-refractivity contribution in [2.75, 3.05) is 13.7 Å². The van der Waals surface area contributed by atoms with E-state index in [1.54, 1.807) is 18.0 Å². The predicted octanol–water partition coefficient (Wildman–Crippen LogP) is 2.99. The van der Waals surface area contributed by atoms with Gasteiger partial charge in [0, 0.05) is 15.7 Å². The van der Waals surface area contributed by atoms with Crippen molar-refractivity contribution in [3.05, 3.63) is 49.3 Å². The van der Waals surface area contributed by atoms with Gasteiger partial charge in [-0.3, -0.25) is 10.5 Å². The van der Waals surface area contributed by atoms with Gasteiger partial charge in [-0.2, -0.15) is 5.10 Å². The molecule has 0 fully saturated rings. The first-order valence-electron chi connectivity index (χ1n) is 6.19. The third-order valence-corrected chi connectivity index (χ3v) is 4.56. The first kappa shape index (κ1) is 17.0. The first-order valence-corrected chi connectivity index (χ1v) is 8.03. The maximum atomic E-state index is 6.28. The molecule has 0 aliphatic heterocycles. The fourth-order valence-electron chi connectivity index (χ4n) is 2.07. The first-order chi connectivity index (χ1) is 10.1. The molecule has 0 aliphatic carbocycles. The lowest BCUT2D eigenvalue weighted by molar-refractivity contribution is 0.182. The average molecular weight is 441 g/mol.